The molecule has 1 aromatic rings. The predicted octanol–water partition coefficient (Wildman–Crippen LogP) is 0.676. The smallest absolute Gasteiger partial charge is 0.0993 e. The largest absolute Gasteiger partial charge is 0.390 e. The van der Waals surface area contributed by atoms with Crippen molar-refractivity contribution in [1.82, 2.24) is 0 Å². The van der Waals surface area contributed by atoms with Gasteiger partial charge in [-0.15, -0.1) is 0 Å². The van der Waals surface area contributed by atoms with Gasteiger partial charge in [0.25, 0.3) is 0 Å². The average molecular weight is 238 g/mol. The molecule has 2 rings (SSSR count). The van der Waals surface area contributed by atoms with E-state index < -0.39 is 12.7 Å². The summed E-state index contributed by atoms with van der Waals surface area (Å²) in [6.45, 7) is 0.943. The molecule has 0 spiro atoms. The third-order valence-corrected chi connectivity index (χ3v) is 2.66. The van der Waals surface area contributed by atoms with Crippen LogP contribution in [-0.4, -0.2) is 33.3 Å². The summed E-state index contributed by atoms with van der Waals surface area (Å²) < 4.78 is 0. The Hall–Kier alpha value is -1.60. The van der Waals surface area contributed by atoms with Crippen LogP contribution in [0, 0.1) is 0 Å². The first-order valence-corrected chi connectivity index (χ1v) is 5.17. The maximum atomic E-state index is 9.98. The van der Waals surface area contributed by atoms with E-state index in [0.717, 1.165) is 10.1 Å². The minimum absolute atomic E-state index is 0.0428. The van der Waals surface area contributed by atoms with Gasteiger partial charge in [-0.1, -0.05) is 12.1 Å². The fraction of sp³-hybridized carbons (Fsp3) is 0.273. The van der Waals surface area contributed by atoms with Crippen molar-refractivity contribution >= 4 is 11.4 Å². The Bertz CT molecular complexity index is 459. The lowest BCUT2D eigenvalue weighted by Crippen LogP contribution is -2.38. The maximum absolute atomic E-state index is 9.98. The van der Waals surface area contributed by atoms with E-state index in [4.69, 9.17) is 0 Å². The molecule has 0 radical (unpaired) electrons. The molecule has 0 bridgehead atoms. The lowest BCUT2D eigenvalue weighted by molar-refractivity contribution is 0.168. The Morgan fingerprint density at radius 2 is 1.65 bits per heavy atom. The summed E-state index contributed by atoms with van der Waals surface area (Å²) in [7, 11) is 0. The van der Waals surface area contributed by atoms with Crippen molar-refractivity contribution in [2.75, 3.05) is 16.7 Å². The Balaban J connectivity index is 2.60. The number of hydrogen-bond acceptors (Lipinski definition) is 6. The van der Waals surface area contributed by atoms with Crippen LogP contribution in [0.25, 0.3) is 0 Å². The quantitative estimate of drug-likeness (QED) is 0.606. The summed E-state index contributed by atoms with van der Waals surface area (Å²) in [5.74, 6) is 0. The molecule has 1 aliphatic rings. The van der Waals surface area contributed by atoms with Crippen molar-refractivity contribution in [3.8, 4) is 0 Å². The van der Waals surface area contributed by atoms with Gasteiger partial charge in [0.1, 0.15) is 0 Å². The molecule has 1 heterocycles. The maximum Gasteiger partial charge on any atom is 0.0993 e. The minimum atomic E-state index is -1.02. The van der Waals surface area contributed by atoms with E-state index in [1.165, 1.54) is 6.92 Å². The molecular weight excluding hydrogens is 224 g/mol. The van der Waals surface area contributed by atoms with E-state index >= 15 is 0 Å². The van der Waals surface area contributed by atoms with Crippen LogP contribution in [-0.2, 0) is 0 Å². The van der Waals surface area contributed by atoms with Gasteiger partial charge in [-0.3, -0.25) is 10.4 Å². The number of aliphatic hydroxyl groups is 2. The summed E-state index contributed by atoms with van der Waals surface area (Å²) in [5, 5.41) is 40.2. The van der Waals surface area contributed by atoms with Gasteiger partial charge < -0.3 is 10.2 Å². The van der Waals surface area contributed by atoms with Crippen LogP contribution in [0.2, 0.25) is 0 Å². The molecule has 6 nitrogen and oxygen atoms in total. The van der Waals surface area contributed by atoms with Gasteiger partial charge in [-0.25, -0.2) is 10.1 Å². The normalized spacial score (nSPS) is 17.2. The highest BCUT2D eigenvalue weighted by atomic mass is 16.5. The molecule has 1 unspecified atom stereocenters. The minimum Gasteiger partial charge on any atom is -0.390 e. The molecule has 1 aliphatic heterocycles. The zero-order valence-corrected chi connectivity index (χ0v) is 9.28. The van der Waals surface area contributed by atoms with Crippen LogP contribution >= 0.6 is 0 Å². The molecule has 0 saturated heterocycles. The Morgan fingerprint density at radius 3 is 2.12 bits per heavy atom. The lowest BCUT2D eigenvalue weighted by Gasteiger charge is -2.35. The second kappa shape index (κ2) is 4.34. The summed E-state index contributed by atoms with van der Waals surface area (Å²) in [6.07, 6.45) is -1.02. The van der Waals surface area contributed by atoms with Crippen molar-refractivity contribution < 1.29 is 20.6 Å². The molecule has 0 aromatic heterocycles. The molecule has 4 N–H and O–H groups in total. The van der Waals surface area contributed by atoms with E-state index in [1.54, 1.807) is 24.3 Å². The molecule has 1 aromatic carbocycles. The van der Waals surface area contributed by atoms with Gasteiger partial charge in [0.2, 0.25) is 0 Å². The van der Waals surface area contributed by atoms with Crippen molar-refractivity contribution in [2.45, 2.75) is 13.0 Å². The topological polar surface area (TPSA) is 87.4 Å². The number of anilines is 2. The Morgan fingerprint density at radius 1 is 1.12 bits per heavy atom. The van der Waals surface area contributed by atoms with Crippen LogP contribution in [0.4, 0.5) is 11.4 Å². The molecule has 92 valence electrons. The van der Waals surface area contributed by atoms with E-state index in [2.05, 4.69) is 0 Å². The molecule has 1 atom stereocenters. The van der Waals surface area contributed by atoms with E-state index in [0.29, 0.717) is 11.4 Å². The van der Waals surface area contributed by atoms with Gasteiger partial charge in [0, 0.05) is 0 Å². The summed E-state index contributed by atoms with van der Waals surface area (Å²) >= 11 is 0. The van der Waals surface area contributed by atoms with Crippen LogP contribution in [0.15, 0.2) is 35.7 Å². The Kier molecular flexibility index (Phi) is 3.03. The van der Waals surface area contributed by atoms with Gasteiger partial charge in [0.05, 0.1) is 35.5 Å². The van der Waals surface area contributed by atoms with Crippen LogP contribution in [0.3, 0.4) is 0 Å². The van der Waals surface area contributed by atoms with E-state index in [1.807, 2.05) is 0 Å². The fourth-order valence-corrected chi connectivity index (χ4v) is 1.89. The van der Waals surface area contributed by atoms with Crippen LogP contribution in [0.1, 0.15) is 6.92 Å². The lowest BCUT2D eigenvalue weighted by atomic mass is 10.1. The van der Waals surface area contributed by atoms with E-state index in [9.17, 15) is 20.6 Å². The Labute approximate surface area is 98.2 Å². The zero-order chi connectivity index (χ0) is 12.6. The monoisotopic (exact) mass is 238 g/mol. The highest BCUT2D eigenvalue weighted by molar-refractivity contribution is 5.76. The molecule has 0 saturated carbocycles. The highest BCUT2D eigenvalue weighted by Gasteiger charge is 2.31. The second-order valence-corrected chi connectivity index (χ2v) is 3.78. The number of nitrogens with zero attached hydrogens (tertiary/aromatic N) is 2. The molecule has 6 heteroatoms. The number of aliphatic hydroxyl groups excluding tert-OH is 2. The second-order valence-electron chi connectivity index (χ2n) is 3.78. The van der Waals surface area contributed by atoms with Crippen LogP contribution in [0.5, 0.6) is 0 Å². The molecular formula is C11H14N2O4. The number of hydrogen-bond donors (Lipinski definition) is 4. The first-order chi connectivity index (χ1) is 8.07. The van der Waals surface area contributed by atoms with Crippen molar-refractivity contribution in [1.29, 1.82) is 0 Å². The first kappa shape index (κ1) is 11.9. The number of rotatable bonds is 2. The summed E-state index contributed by atoms with van der Waals surface area (Å²) in [4.78, 5) is 0. The first-order valence-electron chi connectivity index (χ1n) is 5.17. The SMILES string of the molecule is CC(O)C1=C(CO)N(O)c2ccccc2N1O. The van der Waals surface area contributed by atoms with Gasteiger partial charge >= 0.3 is 0 Å². The summed E-state index contributed by atoms with van der Waals surface area (Å²) in [6, 6.07) is 6.57. The van der Waals surface area contributed by atoms with Crippen LogP contribution < -0.4 is 10.1 Å². The molecule has 17 heavy (non-hydrogen) atoms. The van der Waals surface area contributed by atoms with Gasteiger partial charge in [0.15, 0.2) is 0 Å². The summed E-state index contributed by atoms with van der Waals surface area (Å²) in [5.41, 5.74) is 0.765. The molecule has 0 fully saturated rings. The average Bonchev–Trinajstić information content (AvgIpc) is 2.33. The van der Waals surface area contributed by atoms with E-state index in [-0.39, 0.29) is 11.4 Å². The van der Waals surface area contributed by atoms with Gasteiger partial charge in [-0.05, 0) is 19.1 Å². The van der Waals surface area contributed by atoms with Crippen molar-refractivity contribution in [3.05, 3.63) is 35.7 Å². The third-order valence-electron chi connectivity index (χ3n) is 2.66. The zero-order valence-electron chi connectivity index (χ0n) is 9.28. The van der Waals surface area contributed by atoms with Crippen molar-refractivity contribution in [3.63, 3.8) is 0 Å². The standard InChI is InChI=1S/C11H14N2O4/c1-7(15)11-10(6-14)12(16)8-4-2-3-5-9(8)13(11)17/h2-5,7,14-17H,6H2,1H3. The predicted molar refractivity (Wildman–Crippen MR) is 60.8 cm³/mol. The molecule has 0 aliphatic carbocycles. The van der Waals surface area contributed by atoms with Crippen molar-refractivity contribution in [2.24, 2.45) is 0 Å². The third kappa shape index (κ3) is 1.77. The number of benzene rings is 1. The number of para-hydroxylation sites is 2. The highest BCUT2D eigenvalue weighted by Crippen LogP contribution is 2.38. The number of hydroxylamine groups is 2. The van der Waals surface area contributed by atoms with Gasteiger partial charge in [-0.2, -0.15) is 0 Å². The number of fused-ring (bicyclic) bond motifs is 1. The molecule has 0 amide bonds. The fourth-order valence-electron chi connectivity index (χ4n) is 1.89.